The SMILES string of the molecule is C[C@@H](C(=O)O)N1CCCC1.Nc1ccc2c(c1)C(=O)N(C1CCC(=O)N(CCO)C1=O)C2=O. The molecule has 2 saturated heterocycles. The molecule has 4 amide bonds. The smallest absolute Gasteiger partial charge is 0.320 e. The van der Waals surface area contributed by atoms with Gasteiger partial charge < -0.3 is 15.9 Å². The number of aliphatic carboxylic acids is 1. The Morgan fingerprint density at radius 3 is 2.36 bits per heavy atom. The van der Waals surface area contributed by atoms with Crippen LogP contribution in [0, 0.1) is 0 Å². The summed E-state index contributed by atoms with van der Waals surface area (Å²) in [5.41, 5.74) is 6.34. The average molecular weight is 460 g/mol. The van der Waals surface area contributed by atoms with Gasteiger partial charge in [0, 0.05) is 12.1 Å². The molecule has 1 aromatic carbocycles. The zero-order valence-corrected chi connectivity index (χ0v) is 18.4. The first-order valence-corrected chi connectivity index (χ1v) is 10.9. The van der Waals surface area contributed by atoms with E-state index >= 15 is 0 Å². The molecule has 11 heteroatoms. The van der Waals surface area contributed by atoms with E-state index < -0.39 is 35.6 Å². The lowest BCUT2D eigenvalue weighted by Gasteiger charge is -2.34. The molecule has 2 fully saturated rings. The molecule has 4 rings (SSSR count). The van der Waals surface area contributed by atoms with Crippen LogP contribution in [0.1, 0.15) is 53.3 Å². The van der Waals surface area contributed by atoms with E-state index in [9.17, 15) is 24.0 Å². The number of imide groups is 2. The van der Waals surface area contributed by atoms with Gasteiger partial charge in [0.2, 0.25) is 5.91 Å². The highest BCUT2D eigenvalue weighted by Crippen LogP contribution is 2.30. The van der Waals surface area contributed by atoms with Crippen molar-refractivity contribution >= 4 is 35.3 Å². The third-order valence-electron chi connectivity index (χ3n) is 6.11. The van der Waals surface area contributed by atoms with E-state index in [1.165, 1.54) is 18.2 Å². The number of amides is 4. The number of nitrogens with two attached hydrogens (primary N) is 1. The third-order valence-corrected chi connectivity index (χ3v) is 6.11. The number of β-amino-alcohol motifs (C(OH)–C–C–N with tert-alkyl or cyclic N) is 1. The van der Waals surface area contributed by atoms with Crippen molar-refractivity contribution in [3.8, 4) is 0 Å². The van der Waals surface area contributed by atoms with Crippen LogP contribution in [0.4, 0.5) is 5.69 Å². The molecular formula is C22H28N4O7. The van der Waals surface area contributed by atoms with Crippen LogP contribution >= 0.6 is 0 Å². The molecule has 1 unspecified atom stereocenters. The van der Waals surface area contributed by atoms with Gasteiger partial charge in [-0.05, 0) is 57.5 Å². The second kappa shape index (κ2) is 10.1. The third kappa shape index (κ3) is 4.88. The number of fused-ring (bicyclic) bond motifs is 1. The first-order valence-electron chi connectivity index (χ1n) is 10.9. The largest absolute Gasteiger partial charge is 0.480 e. The van der Waals surface area contributed by atoms with Crippen molar-refractivity contribution in [1.82, 2.24) is 14.7 Å². The number of likely N-dealkylation sites (tertiary alicyclic amines) is 2. The molecule has 1 aromatic rings. The number of benzene rings is 1. The van der Waals surface area contributed by atoms with E-state index in [4.69, 9.17) is 15.9 Å². The second-order valence-electron chi connectivity index (χ2n) is 8.20. The molecule has 3 heterocycles. The van der Waals surface area contributed by atoms with Crippen LogP contribution in [0.15, 0.2) is 18.2 Å². The molecule has 0 aromatic heterocycles. The van der Waals surface area contributed by atoms with Gasteiger partial charge in [0.15, 0.2) is 0 Å². The van der Waals surface area contributed by atoms with Crippen LogP contribution in [-0.2, 0) is 14.4 Å². The van der Waals surface area contributed by atoms with Crippen LogP contribution in [-0.4, -0.2) is 92.8 Å². The molecular weight excluding hydrogens is 432 g/mol. The highest BCUT2D eigenvalue weighted by molar-refractivity contribution is 6.23. The van der Waals surface area contributed by atoms with Gasteiger partial charge >= 0.3 is 5.97 Å². The van der Waals surface area contributed by atoms with Gasteiger partial charge in [-0.1, -0.05) is 0 Å². The van der Waals surface area contributed by atoms with Gasteiger partial charge in [-0.15, -0.1) is 0 Å². The van der Waals surface area contributed by atoms with Gasteiger partial charge in [0.05, 0.1) is 24.3 Å². The van der Waals surface area contributed by atoms with Gasteiger partial charge in [-0.3, -0.25) is 38.7 Å². The topological polar surface area (TPSA) is 162 Å². The van der Waals surface area contributed by atoms with Gasteiger partial charge in [0.25, 0.3) is 17.7 Å². The van der Waals surface area contributed by atoms with Gasteiger partial charge in [-0.25, -0.2) is 0 Å². The fourth-order valence-electron chi connectivity index (χ4n) is 4.24. The maximum atomic E-state index is 12.5. The van der Waals surface area contributed by atoms with Crippen molar-refractivity contribution in [2.75, 3.05) is 32.0 Å². The van der Waals surface area contributed by atoms with E-state index in [0.29, 0.717) is 5.69 Å². The molecule has 11 nitrogen and oxygen atoms in total. The van der Waals surface area contributed by atoms with Crippen LogP contribution in [0.3, 0.4) is 0 Å². The molecule has 3 aliphatic rings. The molecule has 3 aliphatic heterocycles. The Kier molecular flexibility index (Phi) is 7.44. The zero-order valence-electron chi connectivity index (χ0n) is 18.4. The van der Waals surface area contributed by atoms with E-state index in [1.54, 1.807) is 6.92 Å². The van der Waals surface area contributed by atoms with Crippen molar-refractivity contribution in [3.05, 3.63) is 29.3 Å². The molecule has 0 saturated carbocycles. The number of piperidine rings is 1. The Morgan fingerprint density at radius 1 is 1.12 bits per heavy atom. The van der Waals surface area contributed by atoms with Gasteiger partial charge in [-0.2, -0.15) is 0 Å². The highest BCUT2D eigenvalue weighted by Gasteiger charge is 2.46. The summed E-state index contributed by atoms with van der Waals surface area (Å²) in [6.07, 6.45) is 2.42. The number of aliphatic hydroxyl groups excluding tert-OH is 1. The quantitative estimate of drug-likeness (QED) is 0.403. The van der Waals surface area contributed by atoms with Crippen molar-refractivity contribution < 1.29 is 34.2 Å². The molecule has 178 valence electrons. The molecule has 33 heavy (non-hydrogen) atoms. The summed E-state index contributed by atoms with van der Waals surface area (Å²) < 4.78 is 0. The van der Waals surface area contributed by atoms with Crippen LogP contribution < -0.4 is 5.73 Å². The average Bonchev–Trinajstić information content (AvgIpc) is 3.39. The minimum absolute atomic E-state index is 0.0337. The summed E-state index contributed by atoms with van der Waals surface area (Å²) in [5.74, 6) is -2.92. The molecule has 0 bridgehead atoms. The number of carboxylic acids is 1. The molecule has 0 spiro atoms. The first-order chi connectivity index (χ1) is 15.7. The number of carbonyl (C=O) groups excluding carboxylic acids is 4. The predicted octanol–water partition coefficient (Wildman–Crippen LogP) is -0.0700. The van der Waals surface area contributed by atoms with Gasteiger partial charge in [0.1, 0.15) is 12.1 Å². The lowest BCUT2D eigenvalue weighted by molar-refractivity contribution is -0.152. The molecule has 0 radical (unpaired) electrons. The van der Waals surface area contributed by atoms with Crippen LogP contribution in [0.5, 0.6) is 0 Å². The number of carbonyl (C=O) groups is 5. The van der Waals surface area contributed by atoms with Crippen molar-refractivity contribution in [1.29, 1.82) is 0 Å². The lowest BCUT2D eigenvalue weighted by Crippen LogP contribution is -2.56. The number of nitrogens with zero attached hydrogens (tertiary/aromatic N) is 3. The molecule has 2 atom stereocenters. The summed E-state index contributed by atoms with van der Waals surface area (Å²) in [6, 6.07) is 3.04. The number of hydrogen-bond acceptors (Lipinski definition) is 8. The maximum Gasteiger partial charge on any atom is 0.320 e. The lowest BCUT2D eigenvalue weighted by atomic mass is 10.0. The number of aliphatic hydroxyl groups is 1. The van der Waals surface area contributed by atoms with Crippen molar-refractivity contribution in [2.45, 2.75) is 44.7 Å². The number of hydrogen-bond donors (Lipinski definition) is 3. The summed E-state index contributed by atoms with van der Waals surface area (Å²) in [4.78, 5) is 63.4. The minimum Gasteiger partial charge on any atom is -0.480 e. The Balaban J connectivity index is 0.000000257. The number of carboxylic acid groups (broad SMARTS) is 1. The predicted molar refractivity (Wildman–Crippen MR) is 116 cm³/mol. The zero-order chi connectivity index (χ0) is 24.3. The number of rotatable bonds is 5. The first kappa shape index (κ1) is 24.3. The molecule has 4 N–H and O–H groups in total. The Morgan fingerprint density at radius 2 is 1.76 bits per heavy atom. The van der Waals surface area contributed by atoms with E-state index in [2.05, 4.69) is 0 Å². The normalized spacial score (nSPS) is 21.7. The van der Waals surface area contributed by atoms with Crippen LogP contribution in [0.2, 0.25) is 0 Å². The Labute approximate surface area is 190 Å². The highest BCUT2D eigenvalue weighted by atomic mass is 16.4. The Hall–Kier alpha value is -3.31. The minimum atomic E-state index is -1.03. The van der Waals surface area contributed by atoms with E-state index in [-0.39, 0.29) is 43.2 Å². The Bertz CT molecular complexity index is 973. The number of anilines is 1. The summed E-state index contributed by atoms with van der Waals surface area (Å²) >= 11 is 0. The monoisotopic (exact) mass is 460 g/mol. The second-order valence-corrected chi connectivity index (χ2v) is 8.20. The van der Waals surface area contributed by atoms with Crippen LogP contribution in [0.25, 0.3) is 0 Å². The standard InChI is InChI=1S/C15H15N3O5.C7H13NO2/c16-8-1-2-9-10(7-8)14(22)18(13(9)21)11-3-4-12(20)17(5-6-19)15(11)23;1-6(7(9)10)8-4-2-3-5-8/h1-2,7,11,19H,3-6,16H2;6H,2-5H2,1H3,(H,9,10)/t;6-/m.0/s1. The number of nitrogen functional groups attached to an aromatic ring is 1. The summed E-state index contributed by atoms with van der Waals surface area (Å²) in [7, 11) is 0. The fraction of sp³-hybridized carbons (Fsp3) is 0.500. The maximum absolute atomic E-state index is 12.5. The van der Waals surface area contributed by atoms with E-state index in [1.807, 2.05) is 4.90 Å². The van der Waals surface area contributed by atoms with Crippen molar-refractivity contribution in [3.63, 3.8) is 0 Å². The van der Waals surface area contributed by atoms with Crippen molar-refractivity contribution in [2.24, 2.45) is 0 Å². The summed E-state index contributed by atoms with van der Waals surface area (Å²) in [6.45, 7) is 3.13. The fourth-order valence-corrected chi connectivity index (χ4v) is 4.24. The molecule has 0 aliphatic carbocycles. The summed E-state index contributed by atoms with van der Waals surface area (Å²) in [5, 5.41) is 17.6. The van der Waals surface area contributed by atoms with E-state index in [0.717, 1.165) is 35.7 Å².